The van der Waals surface area contributed by atoms with Gasteiger partial charge in [-0.25, -0.2) is 14.2 Å². The Hall–Kier alpha value is -2.87. The highest BCUT2D eigenvalue weighted by atomic mass is 35.5. The molecule has 2 heterocycles. The minimum atomic E-state index is -1.46. The molecular formula is C18H21ClFN5O2. The fraction of sp³-hybridized carbons (Fsp3) is 0.278. The Morgan fingerprint density at radius 1 is 1.52 bits per heavy atom. The number of rotatable bonds is 7. The maximum atomic E-state index is 14.5. The van der Waals surface area contributed by atoms with Gasteiger partial charge in [-0.2, -0.15) is 4.68 Å². The lowest BCUT2D eigenvalue weighted by molar-refractivity contribution is 0.320. The molecule has 27 heavy (non-hydrogen) atoms. The van der Waals surface area contributed by atoms with Crippen LogP contribution in [0.1, 0.15) is 19.7 Å². The summed E-state index contributed by atoms with van der Waals surface area (Å²) in [5, 5.41) is 4.32. The van der Waals surface area contributed by atoms with E-state index in [4.69, 9.17) is 21.8 Å². The fourth-order valence-electron chi connectivity index (χ4n) is 2.30. The normalized spacial score (nSPS) is 16.5. The van der Waals surface area contributed by atoms with E-state index in [2.05, 4.69) is 23.2 Å². The Bertz CT molecular complexity index is 922. The highest BCUT2D eigenvalue weighted by Crippen LogP contribution is 2.20. The zero-order chi connectivity index (χ0) is 20.1. The van der Waals surface area contributed by atoms with E-state index in [1.807, 2.05) is 0 Å². The Morgan fingerprint density at radius 3 is 2.85 bits per heavy atom. The molecule has 1 aliphatic rings. The van der Waals surface area contributed by atoms with Crippen molar-refractivity contribution in [3.05, 3.63) is 75.5 Å². The third-order valence-electron chi connectivity index (χ3n) is 3.94. The number of aromatic nitrogens is 2. The van der Waals surface area contributed by atoms with Crippen LogP contribution in [0.3, 0.4) is 0 Å². The van der Waals surface area contributed by atoms with Crippen molar-refractivity contribution in [1.29, 1.82) is 0 Å². The van der Waals surface area contributed by atoms with Gasteiger partial charge in [0.15, 0.2) is 0 Å². The SMILES string of the molecule is C=C(Cl)/C=C\C(=C/C)[C@@H](F)Cn1nc(CN2C=NC(N)=C(C)C2=C)oc1=O. The topological polar surface area (TPSA) is 89.7 Å². The molecule has 1 aromatic heterocycles. The van der Waals surface area contributed by atoms with Crippen LogP contribution >= 0.6 is 11.6 Å². The average molecular weight is 394 g/mol. The first kappa shape index (κ1) is 20.4. The molecule has 9 heteroatoms. The molecule has 7 nitrogen and oxygen atoms in total. The number of halogens is 2. The van der Waals surface area contributed by atoms with Crippen LogP contribution < -0.4 is 11.5 Å². The molecule has 2 rings (SSSR count). The molecular weight excluding hydrogens is 373 g/mol. The van der Waals surface area contributed by atoms with Gasteiger partial charge >= 0.3 is 5.76 Å². The minimum Gasteiger partial charge on any atom is -0.390 e. The molecule has 0 saturated heterocycles. The number of allylic oxidation sites excluding steroid dienone is 6. The largest absolute Gasteiger partial charge is 0.437 e. The highest BCUT2D eigenvalue weighted by molar-refractivity contribution is 6.30. The molecule has 144 valence electrons. The van der Waals surface area contributed by atoms with E-state index in [1.54, 1.807) is 24.8 Å². The van der Waals surface area contributed by atoms with Gasteiger partial charge < -0.3 is 15.1 Å². The number of alkyl halides is 1. The van der Waals surface area contributed by atoms with Crippen molar-refractivity contribution in [2.75, 3.05) is 0 Å². The van der Waals surface area contributed by atoms with E-state index in [0.29, 0.717) is 22.7 Å². The van der Waals surface area contributed by atoms with Crippen LogP contribution in [0.15, 0.2) is 73.3 Å². The van der Waals surface area contributed by atoms with Crippen LogP contribution in [-0.2, 0) is 13.1 Å². The Balaban J connectivity index is 2.11. The number of hydrogen-bond acceptors (Lipinski definition) is 6. The van der Waals surface area contributed by atoms with Crippen LogP contribution in [0, 0.1) is 0 Å². The first-order valence-corrected chi connectivity index (χ1v) is 8.46. The summed E-state index contributed by atoms with van der Waals surface area (Å²) in [5.41, 5.74) is 7.41. The van der Waals surface area contributed by atoms with Crippen LogP contribution in [0.4, 0.5) is 4.39 Å². The summed E-state index contributed by atoms with van der Waals surface area (Å²) in [7, 11) is 0. The molecule has 1 atom stereocenters. The molecule has 0 unspecified atom stereocenters. The summed E-state index contributed by atoms with van der Waals surface area (Å²) >= 11 is 5.65. The zero-order valence-electron chi connectivity index (χ0n) is 15.2. The molecule has 0 aliphatic carbocycles. The summed E-state index contributed by atoms with van der Waals surface area (Å²) in [5.74, 6) is -0.269. The van der Waals surface area contributed by atoms with Gasteiger partial charge in [0.25, 0.3) is 0 Å². The maximum absolute atomic E-state index is 14.5. The van der Waals surface area contributed by atoms with E-state index in [-0.39, 0.29) is 24.0 Å². The van der Waals surface area contributed by atoms with Crippen molar-refractivity contribution in [2.24, 2.45) is 10.7 Å². The Morgan fingerprint density at radius 2 is 2.22 bits per heavy atom. The molecule has 0 bridgehead atoms. The van der Waals surface area contributed by atoms with Crippen LogP contribution in [0.2, 0.25) is 0 Å². The molecule has 0 amide bonds. The van der Waals surface area contributed by atoms with Gasteiger partial charge in [0.05, 0.1) is 12.9 Å². The van der Waals surface area contributed by atoms with Crippen molar-refractivity contribution in [3.8, 4) is 0 Å². The third kappa shape index (κ3) is 5.07. The lowest BCUT2D eigenvalue weighted by atomic mass is 10.1. The average Bonchev–Trinajstić information content (AvgIpc) is 2.95. The quantitative estimate of drug-likeness (QED) is 0.719. The number of nitrogens with zero attached hydrogens (tertiary/aromatic N) is 4. The molecule has 0 radical (unpaired) electrons. The predicted molar refractivity (Wildman–Crippen MR) is 104 cm³/mol. The Kier molecular flexibility index (Phi) is 6.57. The number of hydrogen-bond donors (Lipinski definition) is 1. The zero-order valence-corrected chi connectivity index (χ0v) is 15.9. The monoisotopic (exact) mass is 393 g/mol. The smallest absolute Gasteiger partial charge is 0.390 e. The van der Waals surface area contributed by atoms with Gasteiger partial charge in [0, 0.05) is 16.3 Å². The highest BCUT2D eigenvalue weighted by Gasteiger charge is 2.20. The maximum Gasteiger partial charge on any atom is 0.437 e. The van der Waals surface area contributed by atoms with E-state index < -0.39 is 11.9 Å². The first-order chi connectivity index (χ1) is 12.7. The predicted octanol–water partition coefficient (Wildman–Crippen LogP) is 2.98. The minimum absolute atomic E-state index is 0.111. The van der Waals surface area contributed by atoms with Gasteiger partial charge in [-0.1, -0.05) is 36.9 Å². The summed E-state index contributed by atoms with van der Waals surface area (Å²) in [4.78, 5) is 17.7. The van der Waals surface area contributed by atoms with Crippen molar-refractivity contribution < 1.29 is 8.81 Å². The van der Waals surface area contributed by atoms with Gasteiger partial charge in [-0.3, -0.25) is 0 Å². The second-order valence-electron chi connectivity index (χ2n) is 5.81. The van der Waals surface area contributed by atoms with E-state index in [9.17, 15) is 9.18 Å². The van der Waals surface area contributed by atoms with Crippen LogP contribution in [0.5, 0.6) is 0 Å². The molecule has 0 saturated carbocycles. The van der Waals surface area contributed by atoms with Crippen molar-refractivity contribution in [3.63, 3.8) is 0 Å². The van der Waals surface area contributed by atoms with E-state index in [1.165, 1.54) is 18.5 Å². The first-order valence-electron chi connectivity index (χ1n) is 8.09. The summed E-state index contributed by atoms with van der Waals surface area (Å²) in [6.45, 7) is 10.7. The van der Waals surface area contributed by atoms with Crippen molar-refractivity contribution in [1.82, 2.24) is 14.7 Å². The standard InChI is InChI=1S/C18H21ClFN5O2/c1-5-14(7-6-11(2)19)15(20)8-25-18(26)27-16(23-25)9-24-10-22-17(21)12(3)13(24)4/h5-7,10,15H,2,4,8-9,21H2,1,3H3/b7-6-,14-5+/t15-/m0/s1. The van der Waals surface area contributed by atoms with Crippen molar-refractivity contribution in [2.45, 2.75) is 33.1 Å². The second kappa shape index (κ2) is 8.68. The van der Waals surface area contributed by atoms with Crippen LogP contribution in [-0.4, -0.2) is 27.2 Å². The lowest BCUT2D eigenvalue weighted by Gasteiger charge is -2.24. The Labute approximate surface area is 161 Å². The fourth-order valence-corrected chi connectivity index (χ4v) is 2.36. The molecule has 0 aromatic carbocycles. The van der Waals surface area contributed by atoms with Crippen molar-refractivity contribution >= 4 is 17.9 Å². The number of nitrogens with two attached hydrogens (primary N) is 1. The molecule has 1 aliphatic heterocycles. The summed E-state index contributed by atoms with van der Waals surface area (Å²) < 4.78 is 20.6. The van der Waals surface area contributed by atoms with Gasteiger partial charge in [-0.05, 0) is 25.5 Å². The lowest BCUT2D eigenvalue weighted by Crippen LogP contribution is -2.26. The van der Waals surface area contributed by atoms with E-state index in [0.717, 1.165) is 4.68 Å². The van der Waals surface area contributed by atoms with Gasteiger partial charge in [-0.15, -0.1) is 5.10 Å². The summed E-state index contributed by atoms with van der Waals surface area (Å²) in [6.07, 6.45) is 4.57. The molecule has 1 aromatic rings. The van der Waals surface area contributed by atoms with E-state index >= 15 is 0 Å². The molecule has 0 fully saturated rings. The second-order valence-corrected chi connectivity index (χ2v) is 6.30. The van der Waals surface area contributed by atoms with Gasteiger partial charge in [0.1, 0.15) is 18.5 Å². The molecule has 2 N–H and O–H groups in total. The van der Waals surface area contributed by atoms with Crippen LogP contribution in [0.25, 0.3) is 0 Å². The summed E-state index contributed by atoms with van der Waals surface area (Å²) in [6, 6.07) is 0. The molecule has 0 spiro atoms. The van der Waals surface area contributed by atoms with Gasteiger partial charge in [0.2, 0.25) is 5.89 Å². The number of aliphatic imine (C=N–C) groups is 1. The third-order valence-corrected chi connectivity index (χ3v) is 4.06.